The largest absolute Gasteiger partial charge is 0.493 e. The van der Waals surface area contributed by atoms with E-state index in [9.17, 15) is 4.79 Å². The number of ether oxygens (including phenoxy) is 2. The van der Waals surface area contributed by atoms with Crippen molar-refractivity contribution in [3.8, 4) is 11.5 Å². The predicted molar refractivity (Wildman–Crippen MR) is 84.5 cm³/mol. The fourth-order valence-electron chi connectivity index (χ4n) is 3.15. The lowest BCUT2D eigenvalue weighted by atomic mass is 9.84. The first kappa shape index (κ1) is 14.4. The minimum absolute atomic E-state index is 0.0351. The number of methoxy groups -OCH3 is 2. The monoisotopic (exact) mass is 297 g/mol. The molecule has 0 N–H and O–H groups in total. The van der Waals surface area contributed by atoms with Crippen molar-refractivity contribution >= 4 is 5.91 Å². The molecule has 4 heteroatoms. The summed E-state index contributed by atoms with van der Waals surface area (Å²) in [7, 11) is 5.06. The van der Waals surface area contributed by atoms with Gasteiger partial charge in [-0.05, 0) is 36.2 Å². The summed E-state index contributed by atoms with van der Waals surface area (Å²) in [6.07, 6.45) is 0. The molecule has 1 aliphatic heterocycles. The quantitative estimate of drug-likeness (QED) is 0.874. The topological polar surface area (TPSA) is 38.8 Å². The third kappa shape index (κ3) is 1.80. The Bertz CT molecular complexity index is 741. The van der Waals surface area contributed by atoms with Crippen LogP contribution in [0.4, 0.5) is 0 Å². The van der Waals surface area contributed by atoms with E-state index in [-0.39, 0.29) is 5.91 Å². The lowest BCUT2D eigenvalue weighted by Crippen LogP contribution is -2.39. The maximum absolute atomic E-state index is 12.5. The van der Waals surface area contributed by atoms with E-state index in [0.717, 1.165) is 16.7 Å². The summed E-state index contributed by atoms with van der Waals surface area (Å²) in [4.78, 5) is 14.3. The highest BCUT2D eigenvalue weighted by Gasteiger charge is 2.45. The van der Waals surface area contributed by atoms with Crippen LogP contribution in [0.1, 0.15) is 28.4 Å². The Hall–Kier alpha value is -2.49. The van der Waals surface area contributed by atoms with Gasteiger partial charge in [0.05, 0.1) is 19.8 Å². The van der Waals surface area contributed by atoms with Crippen LogP contribution in [0, 0.1) is 0 Å². The molecule has 1 heterocycles. The zero-order valence-corrected chi connectivity index (χ0v) is 13.2. The van der Waals surface area contributed by atoms with Crippen LogP contribution >= 0.6 is 0 Å². The zero-order chi connectivity index (χ0) is 15.9. The molecule has 3 rings (SSSR count). The van der Waals surface area contributed by atoms with Gasteiger partial charge in [0.2, 0.25) is 0 Å². The molecule has 0 bridgehead atoms. The van der Waals surface area contributed by atoms with Crippen LogP contribution in [0.15, 0.2) is 42.5 Å². The Morgan fingerprint density at radius 1 is 1.00 bits per heavy atom. The molecule has 0 aromatic heterocycles. The van der Waals surface area contributed by atoms with Crippen LogP contribution in [0.5, 0.6) is 11.5 Å². The number of amides is 1. The molecule has 2 aromatic carbocycles. The number of carbonyl (C=O) groups is 1. The van der Waals surface area contributed by atoms with Gasteiger partial charge in [-0.1, -0.05) is 24.3 Å². The summed E-state index contributed by atoms with van der Waals surface area (Å²) in [6, 6.07) is 13.5. The fourth-order valence-corrected chi connectivity index (χ4v) is 3.15. The number of hydrogen-bond acceptors (Lipinski definition) is 3. The lowest BCUT2D eigenvalue weighted by Gasteiger charge is -2.34. The smallest absolute Gasteiger partial charge is 0.254 e. The van der Waals surface area contributed by atoms with Crippen molar-refractivity contribution in [1.29, 1.82) is 0 Å². The van der Waals surface area contributed by atoms with E-state index in [1.807, 2.05) is 49.5 Å². The fraction of sp³-hybridized carbons (Fsp3) is 0.278. The second-order valence-electron chi connectivity index (χ2n) is 5.55. The van der Waals surface area contributed by atoms with E-state index >= 15 is 0 Å². The molecule has 1 amide bonds. The Kier molecular flexibility index (Phi) is 3.32. The number of nitrogens with zero attached hydrogens (tertiary/aromatic N) is 1. The average molecular weight is 297 g/mol. The number of carbonyl (C=O) groups excluding carboxylic acids is 1. The highest BCUT2D eigenvalue weighted by atomic mass is 16.5. The molecule has 4 nitrogen and oxygen atoms in total. The van der Waals surface area contributed by atoms with Crippen LogP contribution in [0.25, 0.3) is 0 Å². The Labute approximate surface area is 130 Å². The van der Waals surface area contributed by atoms with Gasteiger partial charge >= 0.3 is 0 Å². The van der Waals surface area contributed by atoms with Crippen molar-refractivity contribution in [3.05, 3.63) is 59.2 Å². The average Bonchev–Trinajstić information content (AvgIpc) is 2.77. The molecule has 2 aromatic rings. The summed E-state index contributed by atoms with van der Waals surface area (Å²) >= 11 is 0. The van der Waals surface area contributed by atoms with Gasteiger partial charge in [-0.2, -0.15) is 0 Å². The molecule has 1 atom stereocenters. The molecule has 0 aliphatic carbocycles. The van der Waals surface area contributed by atoms with Crippen LogP contribution in [0.3, 0.4) is 0 Å². The molecule has 114 valence electrons. The van der Waals surface area contributed by atoms with E-state index in [1.54, 1.807) is 19.1 Å². The third-order valence-electron chi connectivity index (χ3n) is 4.60. The van der Waals surface area contributed by atoms with E-state index < -0.39 is 5.54 Å². The molecule has 1 aliphatic rings. The highest BCUT2D eigenvalue weighted by molar-refractivity contribution is 6.00. The summed E-state index contributed by atoms with van der Waals surface area (Å²) < 4.78 is 10.7. The first-order valence-electron chi connectivity index (χ1n) is 7.14. The van der Waals surface area contributed by atoms with Crippen LogP contribution in [-0.2, 0) is 5.54 Å². The van der Waals surface area contributed by atoms with E-state index in [2.05, 4.69) is 6.92 Å². The van der Waals surface area contributed by atoms with Crippen molar-refractivity contribution in [2.24, 2.45) is 0 Å². The van der Waals surface area contributed by atoms with Crippen molar-refractivity contribution in [2.75, 3.05) is 21.3 Å². The SMILES string of the molecule is COc1ccc(C2(C)c3ccccc3C(=O)N2C)cc1OC. The van der Waals surface area contributed by atoms with Gasteiger partial charge in [0.25, 0.3) is 5.91 Å². The zero-order valence-electron chi connectivity index (χ0n) is 13.2. The number of fused-ring (bicyclic) bond motifs is 1. The second-order valence-corrected chi connectivity index (χ2v) is 5.55. The van der Waals surface area contributed by atoms with Gasteiger partial charge in [0, 0.05) is 12.6 Å². The van der Waals surface area contributed by atoms with Gasteiger partial charge in [-0.3, -0.25) is 4.79 Å². The van der Waals surface area contributed by atoms with Crippen LogP contribution < -0.4 is 9.47 Å². The van der Waals surface area contributed by atoms with Crippen molar-refractivity contribution in [3.63, 3.8) is 0 Å². The molecule has 0 saturated heterocycles. The molecule has 0 radical (unpaired) electrons. The number of benzene rings is 2. The molecule has 0 spiro atoms. The maximum atomic E-state index is 12.5. The molecule has 22 heavy (non-hydrogen) atoms. The van der Waals surface area contributed by atoms with Crippen molar-refractivity contribution < 1.29 is 14.3 Å². The molecule has 0 saturated carbocycles. The molecular weight excluding hydrogens is 278 g/mol. The van der Waals surface area contributed by atoms with Crippen LogP contribution in [0.2, 0.25) is 0 Å². The van der Waals surface area contributed by atoms with Gasteiger partial charge in [-0.15, -0.1) is 0 Å². The van der Waals surface area contributed by atoms with Gasteiger partial charge in [-0.25, -0.2) is 0 Å². The maximum Gasteiger partial charge on any atom is 0.254 e. The summed E-state index contributed by atoms with van der Waals surface area (Å²) in [5.41, 5.74) is 2.23. The molecular formula is C18H19NO3. The summed E-state index contributed by atoms with van der Waals surface area (Å²) in [5, 5.41) is 0. The van der Waals surface area contributed by atoms with Gasteiger partial charge in [0.1, 0.15) is 0 Å². The highest BCUT2D eigenvalue weighted by Crippen LogP contribution is 2.44. The van der Waals surface area contributed by atoms with E-state index in [1.165, 1.54) is 0 Å². The summed E-state index contributed by atoms with van der Waals surface area (Å²) in [5.74, 6) is 1.37. The predicted octanol–water partition coefficient (Wildman–Crippen LogP) is 3.05. The van der Waals surface area contributed by atoms with Gasteiger partial charge < -0.3 is 14.4 Å². The molecule has 1 unspecified atom stereocenters. The Morgan fingerprint density at radius 3 is 2.36 bits per heavy atom. The minimum atomic E-state index is -0.521. The van der Waals surface area contributed by atoms with Gasteiger partial charge in [0.15, 0.2) is 11.5 Å². The standard InChI is InChI=1S/C18H19NO3/c1-18(12-9-10-15(21-3)16(11-12)22-4)14-8-6-5-7-13(14)17(20)19(18)2/h5-11H,1-4H3. The third-order valence-corrected chi connectivity index (χ3v) is 4.60. The lowest BCUT2D eigenvalue weighted by molar-refractivity contribution is 0.0716. The number of rotatable bonds is 3. The minimum Gasteiger partial charge on any atom is -0.493 e. The Balaban J connectivity index is 2.20. The molecule has 0 fully saturated rings. The normalized spacial score (nSPS) is 20.0. The Morgan fingerprint density at radius 2 is 1.68 bits per heavy atom. The first-order chi connectivity index (χ1) is 10.5. The van der Waals surface area contributed by atoms with Crippen molar-refractivity contribution in [1.82, 2.24) is 4.90 Å². The van der Waals surface area contributed by atoms with E-state index in [4.69, 9.17) is 9.47 Å². The second kappa shape index (κ2) is 5.05. The van der Waals surface area contributed by atoms with E-state index in [0.29, 0.717) is 11.5 Å². The summed E-state index contributed by atoms with van der Waals surface area (Å²) in [6.45, 7) is 2.05. The van der Waals surface area contributed by atoms with Crippen molar-refractivity contribution in [2.45, 2.75) is 12.5 Å². The first-order valence-corrected chi connectivity index (χ1v) is 7.14. The number of hydrogen-bond donors (Lipinski definition) is 0. The van der Waals surface area contributed by atoms with Crippen LogP contribution in [-0.4, -0.2) is 32.1 Å².